The van der Waals surface area contributed by atoms with Gasteiger partial charge in [-0.05, 0) is 44.0 Å². The van der Waals surface area contributed by atoms with Crippen LogP contribution < -0.4 is 15.4 Å². The summed E-state index contributed by atoms with van der Waals surface area (Å²) in [5.74, 6) is -0.0799. The maximum atomic E-state index is 13.3. The van der Waals surface area contributed by atoms with E-state index in [-0.39, 0.29) is 30.7 Å². The van der Waals surface area contributed by atoms with Gasteiger partial charge >= 0.3 is 0 Å². The summed E-state index contributed by atoms with van der Waals surface area (Å²) in [5.41, 5.74) is 0. The molecule has 112 valence electrons. The second-order valence-corrected chi connectivity index (χ2v) is 4.74. The number of benzene rings is 1. The first-order valence-electron chi connectivity index (χ1n) is 6.60. The number of para-hydroxylation sites is 1. The van der Waals surface area contributed by atoms with Gasteiger partial charge in [-0.25, -0.2) is 4.39 Å². The van der Waals surface area contributed by atoms with E-state index >= 15 is 0 Å². The summed E-state index contributed by atoms with van der Waals surface area (Å²) >= 11 is 0. The number of hydrogen-bond donors (Lipinski definition) is 2. The van der Waals surface area contributed by atoms with Gasteiger partial charge in [0.25, 0.3) is 5.91 Å². The molecule has 1 fully saturated rings. The molecule has 2 rings (SSSR count). The van der Waals surface area contributed by atoms with Gasteiger partial charge in [0.15, 0.2) is 18.2 Å². The van der Waals surface area contributed by atoms with Crippen LogP contribution in [0, 0.1) is 11.7 Å². The van der Waals surface area contributed by atoms with E-state index in [1.807, 2.05) is 0 Å². The molecule has 1 unspecified atom stereocenters. The zero-order valence-corrected chi connectivity index (χ0v) is 12.0. The molecule has 0 spiro atoms. The molecule has 4 nitrogen and oxygen atoms in total. The Bertz CT molecular complexity index is 425. The summed E-state index contributed by atoms with van der Waals surface area (Å²) in [7, 11) is 0. The highest BCUT2D eigenvalue weighted by molar-refractivity contribution is 5.85. The Hall–Kier alpha value is -1.33. The van der Waals surface area contributed by atoms with Crippen LogP contribution in [-0.2, 0) is 4.79 Å². The minimum atomic E-state index is -0.452. The molecule has 1 aromatic carbocycles. The average Bonchev–Trinajstić information content (AvgIpc) is 2.45. The van der Waals surface area contributed by atoms with Crippen molar-refractivity contribution in [3.8, 4) is 5.75 Å². The lowest BCUT2D eigenvalue weighted by Gasteiger charge is -2.22. The molecular weight excluding hydrogens is 283 g/mol. The van der Waals surface area contributed by atoms with Crippen LogP contribution in [-0.4, -0.2) is 32.1 Å². The zero-order valence-electron chi connectivity index (χ0n) is 11.2. The van der Waals surface area contributed by atoms with E-state index in [4.69, 9.17) is 4.74 Å². The number of carbonyl (C=O) groups is 1. The second-order valence-electron chi connectivity index (χ2n) is 4.74. The lowest BCUT2D eigenvalue weighted by atomic mass is 10.00. The number of rotatable bonds is 5. The lowest BCUT2D eigenvalue weighted by molar-refractivity contribution is -0.123. The molecule has 1 heterocycles. The molecule has 0 bridgehead atoms. The Morgan fingerprint density at radius 3 is 2.95 bits per heavy atom. The van der Waals surface area contributed by atoms with Gasteiger partial charge in [-0.2, -0.15) is 0 Å². The first kappa shape index (κ1) is 16.7. The highest BCUT2D eigenvalue weighted by atomic mass is 35.5. The molecular formula is C14H20ClFN2O2. The number of halogens is 2. The number of nitrogens with one attached hydrogen (secondary N) is 2. The van der Waals surface area contributed by atoms with E-state index in [2.05, 4.69) is 10.6 Å². The van der Waals surface area contributed by atoms with Crippen molar-refractivity contribution in [2.24, 2.45) is 5.92 Å². The van der Waals surface area contributed by atoms with Gasteiger partial charge in [-0.15, -0.1) is 12.4 Å². The summed E-state index contributed by atoms with van der Waals surface area (Å²) in [6.45, 7) is 2.49. The third-order valence-electron chi connectivity index (χ3n) is 3.18. The molecule has 1 amide bonds. The Kier molecular flexibility index (Phi) is 7.33. The zero-order chi connectivity index (χ0) is 13.5. The van der Waals surface area contributed by atoms with Crippen molar-refractivity contribution in [1.29, 1.82) is 0 Å². The van der Waals surface area contributed by atoms with Crippen molar-refractivity contribution in [2.45, 2.75) is 12.8 Å². The molecule has 1 aliphatic heterocycles. The fourth-order valence-electron chi connectivity index (χ4n) is 2.11. The smallest absolute Gasteiger partial charge is 0.257 e. The van der Waals surface area contributed by atoms with Crippen molar-refractivity contribution in [2.75, 3.05) is 26.2 Å². The van der Waals surface area contributed by atoms with Gasteiger partial charge in [0.1, 0.15) is 0 Å². The SMILES string of the molecule is Cl.O=C(COc1ccccc1F)NCC1CCCNC1. The maximum Gasteiger partial charge on any atom is 0.257 e. The molecule has 20 heavy (non-hydrogen) atoms. The molecule has 1 saturated heterocycles. The molecule has 6 heteroatoms. The van der Waals surface area contributed by atoms with Crippen LogP contribution in [0.15, 0.2) is 24.3 Å². The summed E-state index contributed by atoms with van der Waals surface area (Å²) in [5, 5.41) is 6.11. The van der Waals surface area contributed by atoms with Crippen LogP contribution in [0.2, 0.25) is 0 Å². The normalized spacial score (nSPS) is 17.9. The van der Waals surface area contributed by atoms with Gasteiger partial charge in [0.05, 0.1) is 0 Å². The largest absolute Gasteiger partial charge is 0.481 e. The van der Waals surface area contributed by atoms with Gasteiger partial charge in [-0.3, -0.25) is 4.79 Å². The van der Waals surface area contributed by atoms with Crippen LogP contribution in [0.4, 0.5) is 4.39 Å². The molecule has 0 saturated carbocycles. The Morgan fingerprint density at radius 1 is 1.45 bits per heavy atom. The monoisotopic (exact) mass is 302 g/mol. The number of carbonyl (C=O) groups excluding carboxylic acids is 1. The van der Waals surface area contributed by atoms with Crippen LogP contribution in [0.25, 0.3) is 0 Å². The number of hydrogen-bond acceptors (Lipinski definition) is 3. The van der Waals surface area contributed by atoms with Crippen LogP contribution in [0.3, 0.4) is 0 Å². The quantitative estimate of drug-likeness (QED) is 0.871. The minimum absolute atomic E-state index is 0. The van der Waals surface area contributed by atoms with Gasteiger partial charge in [0.2, 0.25) is 0 Å². The standard InChI is InChI=1S/C14H19FN2O2.ClH/c15-12-5-1-2-6-13(12)19-10-14(18)17-9-11-4-3-7-16-8-11;/h1-2,5-6,11,16H,3-4,7-10H2,(H,17,18);1H. The predicted octanol–water partition coefficient (Wildman–Crippen LogP) is 1.74. The molecule has 0 aliphatic carbocycles. The van der Waals surface area contributed by atoms with E-state index in [9.17, 15) is 9.18 Å². The third kappa shape index (κ3) is 5.35. The average molecular weight is 303 g/mol. The molecule has 0 radical (unpaired) electrons. The Labute approximate surface area is 124 Å². The molecule has 1 aromatic rings. The molecule has 1 atom stereocenters. The summed E-state index contributed by atoms with van der Waals surface area (Å²) in [6, 6.07) is 6.07. The van der Waals surface area contributed by atoms with Crippen LogP contribution >= 0.6 is 12.4 Å². The van der Waals surface area contributed by atoms with Crippen LogP contribution in [0.5, 0.6) is 5.75 Å². The molecule has 1 aliphatic rings. The fourth-order valence-corrected chi connectivity index (χ4v) is 2.11. The fraction of sp³-hybridized carbons (Fsp3) is 0.500. The predicted molar refractivity (Wildman–Crippen MR) is 77.7 cm³/mol. The summed E-state index contributed by atoms with van der Waals surface area (Å²) < 4.78 is 18.4. The Balaban J connectivity index is 0.00000200. The molecule has 2 N–H and O–H groups in total. The first-order valence-corrected chi connectivity index (χ1v) is 6.60. The van der Waals surface area contributed by atoms with Crippen molar-refractivity contribution in [3.63, 3.8) is 0 Å². The Morgan fingerprint density at radius 2 is 2.25 bits per heavy atom. The van der Waals surface area contributed by atoms with Crippen molar-refractivity contribution >= 4 is 18.3 Å². The van der Waals surface area contributed by atoms with E-state index in [0.717, 1.165) is 25.9 Å². The van der Waals surface area contributed by atoms with Gasteiger partial charge < -0.3 is 15.4 Å². The van der Waals surface area contributed by atoms with E-state index in [1.54, 1.807) is 12.1 Å². The van der Waals surface area contributed by atoms with Gasteiger partial charge in [-0.1, -0.05) is 12.1 Å². The maximum absolute atomic E-state index is 13.3. The summed E-state index contributed by atoms with van der Waals surface area (Å²) in [6.07, 6.45) is 2.27. The lowest BCUT2D eigenvalue weighted by Crippen LogP contribution is -2.39. The number of piperidine rings is 1. The van der Waals surface area contributed by atoms with Crippen LogP contribution in [0.1, 0.15) is 12.8 Å². The molecule has 0 aromatic heterocycles. The number of ether oxygens (including phenoxy) is 1. The topological polar surface area (TPSA) is 50.4 Å². The van der Waals surface area contributed by atoms with Crippen molar-refractivity contribution in [1.82, 2.24) is 10.6 Å². The number of amides is 1. The minimum Gasteiger partial charge on any atom is -0.481 e. The van der Waals surface area contributed by atoms with Gasteiger partial charge in [0, 0.05) is 6.54 Å². The van der Waals surface area contributed by atoms with Crippen molar-refractivity contribution < 1.29 is 13.9 Å². The second kappa shape index (κ2) is 8.76. The third-order valence-corrected chi connectivity index (χ3v) is 3.18. The van der Waals surface area contributed by atoms with E-state index in [0.29, 0.717) is 12.5 Å². The highest BCUT2D eigenvalue weighted by Gasteiger charge is 2.14. The first-order chi connectivity index (χ1) is 9.25. The van der Waals surface area contributed by atoms with E-state index in [1.165, 1.54) is 12.1 Å². The highest BCUT2D eigenvalue weighted by Crippen LogP contribution is 2.15. The summed E-state index contributed by atoms with van der Waals surface area (Å²) in [4.78, 5) is 11.6. The van der Waals surface area contributed by atoms with Crippen molar-refractivity contribution in [3.05, 3.63) is 30.1 Å². The van der Waals surface area contributed by atoms with E-state index < -0.39 is 5.82 Å².